The maximum Gasteiger partial charge on any atom is 0.329 e. The van der Waals surface area contributed by atoms with Crippen LogP contribution in [0.4, 0.5) is 10.5 Å². The number of aryl methyl sites for hydroxylation is 1. The van der Waals surface area contributed by atoms with Gasteiger partial charge in [0.25, 0.3) is 5.91 Å². The maximum atomic E-state index is 12.9. The summed E-state index contributed by atoms with van der Waals surface area (Å²) in [6.07, 6.45) is 2.26. The SMILES string of the molecule is CCc1ccccc1NC(=O)CN1C(=O)N/C(=C/c2cc(OC)c(OCc3ccccc3)cc2Br)C1=O. The van der Waals surface area contributed by atoms with Crippen molar-refractivity contribution in [1.82, 2.24) is 10.2 Å². The number of nitrogens with one attached hydrogen (secondary N) is 2. The summed E-state index contributed by atoms with van der Waals surface area (Å²) in [5.41, 5.74) is 3.27. The van der Waals surface area contributed by atoms with E-state index in [2.05, 4.69) is 26.6 Å². The van der Waals surface area contributed by atoms with Crippen molar-refractivity contribution in [1.29, 1.82) is 0 Å². The van der Waals surface area contributed by atoms with Gasteiger partial charge in [-0.2, -0.15) is 0 Å². The van der Waals surface area contributed by atoms with Crippen molar-refractivity contribution in [2.24, 2.45) is 0 Å². The Morgan fingerprint density at radius 1 is 1.05 bits per heavy atom. The standard InChI is InChI=1S/C28H26BrN3O5/c1-3-19-11-7-8-12-22(19)30-26(33)16-32-27(34)23(31-28(32)35)13-20-14-24(36-2)25(15-21(20)29)37-17-18-9-5-4-6-10-18/h4-15H,3,16-17H2,1-2H3,(H,30,33)(H,31,35)/b23-13+. The van der Waals surface area contributed by atoms with Gasteiger partial charge in [-0.15, -0.1) is 0 Å². The van der Waals surface area contributed by atoms with E-state index < -0.39 is 24.4 Å². The van der Waals surface area contributed by atoms with E-state index >= 15 is 0 Å². The van der Waals surface area contributed by atoms with E-state index in [4.69, 9.17) is 9.47 Å². The first-order valence-corrected chi connectivity index (χ1v) is 12.5. The van der Waals surface area contributed by atoms with Crippen molar-refractivity contribution in [3.05, 3.63) is 93.6 Å². The summed E-state index contributed by atoms with van der Waals surface area (Å²) in [6, 6.07) is 19.9. The minimum atomic E-state index is -0.666. The third kappa shape index (κ3) is 6.18. The summed E-state index contributed by atoms with van der Waals surface area (Å²) >= 11 is 3.50. The molecule has 0 spiro atoms. The molecule has 8 nitrogen and oxygen atoms in total. The van der Waals surface area contributed by atoms with Gasteiger partial charge in [0.2, 0.25) is 5.91 Å². The van der Waals surface area contributed by atoms with E-state index in [9.17, 15) is 14.4 Å². The summed E-state index contributed by atoms with van der Waals surface area (Å²) in [4.78, 5) is 38.9. The minimum Gasteiger partial charge on any atom is -0.493 e. The zero-order valence-corrected chi connectivity index (χ0v) is 22.0. The normalized spacial score (nSPS) is 14.0. The van der Waals surface area contributed by atoms with Gasteiger partial charge in [-0.05, 0) is 47.4 Å². The second-order valence-corrected chi connectivity index (χ2v) is 9.09. The van der Waals surface area contributed by atoms with Gasteiger partial charge >= 0.3 is 6.03 Å². The molecule has 4 rings (SSSR count). The number of methoxy groups -OCH3 is 1. The number of halogens is 1. The Balaban J connectivity index is 1.47. The van der Waals surface area contributed by atoms with Gasteiger partial charge in [0.15, 0.2) is 11.5 Å². The number of hydrogen-bond acceptors (Lipinski definition) is 5. The molecule has 9 heteroatoms. The third-order valence-electron chi connectivity index (χ3n) is 5.76. The Morgan fingerprint density at radius 3 is 2.51 bits per heavy atom. The minimum absolute atomic E-state index is 0.0486. The van der Waals surface area contributed by atoms with Crippen LogP contribution in [0.15, 0.2) is 76.9 Å². The molecule has 3 aromatic carbocycles. The molecule has 0 unspecified atom stereocenters. The molecule has 1 fully saturated rings. The van der Waals surface area contributed by atoms with Crippen LogP contribution in [0.5, 0.6) is 11.5 Å². The van der Waals surface area contributed by atoms with Crippen molar-refractivity contribution in [3.63, 3.8) is 0 Å². The highest BCUT2D eigenvalue weighted by Gasteiger charge is 2.35. The number of rotatable bonds is 9. The van der Waals surface area contributed by atoms with Crippen LogP contribution in [-0.2, 0) is 22.6 Å². The first-order chi connectivity index (χ1) is 17.9. The van der Waals surface area contributed by atoms with Crippen LogP contribution < -0.4 is 20.1 Å². The number of hydrogen-bond donors (Lipinski definition) is 2. The number of ether oxygens (including phenoxy) is 2. The fraction of sp³-hybridized carbons (Fsp3) is 0.179. The molecule has 2 N–H and O–H groups in total. The zero-order chi connectivity index (χ0) is 26.4. The molecular formula is C28H26BrN3O5. The highest BCUT2D eigenvalue weighted by molar-refractivity contribution is 9.10. The maximum absolute atomic E-state index is 12.9. The molecule has 37 heavy (non-hydrogen) atoms. The molecule has 3 aromatic rings. The van der Waals surface area contributed by atoms with Gasteiger partial charge in [0.05, 0.1) is 7.11 Å². The molecule has 0 aromatic heterocycles. The highest BCUT2D eigenvalue weighted by Crippen LogP contribution is 2.35. The number of carbonyl (C=O) groups is 3. The first kappa shape index (κ1) is 26.0. The number of benzene rings is 3. The van der Waals surface area contributed by atoms with Crippen molar-refractivity contribution in [2.45, 2.75) is 20.0 Å². The van der Waals surface area contributed by atoms with Crippen molar-refractivity contribution in [3.8, 4) is 11.5 Å². The fourth-order valence-corrected chi connectivity index (χ4v) is 4.26. The van der Waals surface area contributed by atoms with E-state index in [0.29, 0.717) is 33.8 Å². The third-order valence-corrected chi connectivity index (χ3v) is 6.44. The van der Waals surface area contributed by atoms with Gasteiger partial charge in [-0.3, -0.25) is 9.59 Å². The molecule has 1 aliphatic heterocycles. The van der Waals surface area contributed by atoms with Gasteiger partial charge in [-0.25, -0.2) is 9.69 Å². The van der Waals surface area contributed by atoms with Crippen molar-refractivity contribution in [2.75, 3.05) is 19.0 Å². The average Bonchev–Trinajstić information content (AvgIpc) is 3.16. The van der Waals surface area contributed by atoms with E-state index in [1.165, 1.54) is 13.2 Å². The first-order valence-electron chi connectivity index (χ1n) is 11.7. The fourth-order valence-electron chi connectivity index (χ4n) is 3.82. The van der Waals surface area contributed by atoms with Crippen molar-refractivity contribution >= 4 is 45.5 Å². The largest absolute Gasteiger partial charge is 0.493 e. The second-order valence-electron chi connectivity index (χ2n) is 8.24. The highest BCUT2D eigenvalue weighted by atomic mass is 79.9. The number of urea groups is 1. The van der Waals surface area contributed by atoms with E-state index in [0.717, 1.165) is 22.4 Å². The topological polar surface area (TPSA) is 97.0 Å². The number of amides is 4. The number of carbonyl (C=O) groups excluding carboxylic acids is 3. The van der Waals surface area contributed by atoms with Gasteiger partial charge in [0.1, 0.15) is 18.8 Å². The lowest BCUT2D eigenvalue weighted by atomic mass is 10.1. The molecule has 1 aliphatic rings. The molecule has 0 saturated carbocycles. The molecule has 0 radical (unpaired) electrons. The summed E-state index contributed by atoms with van der Waals surface area (Å²) in [5.74, 6) is -0.0750. The lowest BCUT2D eigenvalue weighted by molar-refractivity contribution is -0.127. The molecule has 4 amide bonds. The van der Waals surface area contributed by atoms with E-state index in [1.807, 2.05) is 55.5 Å². The second kappa shape index (κ2) is 11.7. The van der Waals surface area contributed by atoms with Gasteiger partial charge < -0.3 is 20.1 Å². The summed E-state index contributed by atoms with van der Waals surface area (Å²) < 4.78 is 12.0. The molecule has 0 aliphatic carbocycles. The lowest BCUT2D eigenvalue weighted by Gasteiger charge is -2.14. The predicted octanol–water partition coefficient (Wildman–Crippen LogP) is 5.13. The van der Waals surface area contributed by atoms with E-state index in [-0.39, 0.29) is 5.70 Å². The van der Waals surface area contributed by atoms with Crippen molar-refractivity contribution < 1.29 is 23.9 Å². The quantitative estimate of drug-likeness (QED) is 0.278. The van der Waals surface area contributed by atoms with Gasteiger partial charge in [0, 0.05) is 10.2 Å². The monoisotopic (exact) mass is 563 g/mol. The molecule has 190 valence electrons. The molecule has 1 saturated heterocycles. The van der Waals surface area contributed by atoms with Crippen LogP contribution in [-0.4, -0.2) is 36.4 Å². The number of imide groups is 1. The predicted molar refractivity (Wildman–Crippen MR) is 144 cm³/mol. The molecule has 1 heterocycles. The van der Waals surface area contributed by atoms with Crippen LogP contribution in [0.2, 0.25) is 0 Å². The Morgan fingerprint density at radius 2 is 1.78 bits per heavy atom. The number of para-hydroxylation sites is 1. The Labute approximate surface area is 223 Å². The smallest absolute Gasteiger partial charge is 0.329 e. The van der Waals surface area contributed by atoms with Crippen LogP contribution in [0.3, 0.4) is 0 Å². The number of nitrogens with zero attached hydrogens (tertiary/aromatic N) is 1. The molecular weight excluding hydrogens is 538 g/mol. The van der Waals surface area contributed by atoms with Crippen LogP contribution in [0.25, 0.3) is 6.08 Å². The average molecular weight is 564 g/mol. The van der Waals surface area contributed by atoms with Crippen LogP contribution in [0, 0.1) is 0 Å². The Bertz CT molecular complexity index is 1360. The van der Waals surface area contributed by atoms with E-state index in [1.54, 1.807) is 18.2 Å². The van der Waals surface area contributed by atoms with Gasteiger partial charge in [-0.1, -0.05) is 71.4 Å². The van der Waals surface area contributed by atoms with Crippen LogP contribution >= 0.6 is 15.9 Å². The summed E-state index contributed by atoms with van der Waals surface area (Å²) in [5, 5.41) is 5.32. The van der Waals surface area contributed by atoms with Crippen LogP contribution in [0.1, 0.15) is 23.6 Å². The molecule has 0 atom stereocenters. The summed E-state index contributed by atoms with van der Waals surface area (Å²) in [7, 11) is 1.52. The number of anilines is 1. The summed E-state index contributed by atoms with van der Waals surface area (Å²) in [6.45, 7) is 1.93. The molecule has 0 bridgehead atoms. The Hall–Kier alpha value is -4.11. The Kier molecular flexibility index (Phi) is 8.25. The zero-order valence-electron chi connectivity index (χ0n) is 20.4. The lowest BCUT2D eigenvalue weighted by Crippen LogP contribution is -2.38.